The zero-order valence-electron chi connectivity index (χ0n) is 22.7. The number of methoxy groups -OCH3 is 1. The van der Waals surface area contributed by atoms with Gasteiger partial charge in [-0.2, -0.15) is 5.10 Å². The average Bonchev–Trinajstić information content (AvgIpc) is 3.50. The monoisotopic (exact) mass is 544 g/mol. The summed E-state index contributed by atoms with van der Waals surface area (Å²) in [5, 5.41) is 5.00. The van der Waals surface area contributed by atoms with Crippen LogP contribution in [0.25, 0.3) is 22.0 Å². The first-order chi connectivity index (χ1) is 19.1. The molecule has 10 nitrogen and oxygen atoms in total. The van der Waals surface area contributed by atoms with Gasteiger partial charge >= 0.3 is 0 Å². The average molecular weight is 545 g/mol. The number of carbonyl (C=O) groups excluding carboxylic acids is 3. The van der Waals surface area contributed by atoms with E-state index in [0.29, 0.717) is 28.2 Å². The first kappa shape index (κ1) is 27.0. The van der Waals surface area contributed by atoms with Crippen molar-refractivity contribution >= 4 is 28.4 Å². The second kappa shape index (κ2) is 10.9. The van der Waals surface area contributed by atoms with Crippen molar-refractivity contribution < 1.29 is 23.5 Å². The number of carbonyl (C=O) groups is 3. The maximum absolute atomic E-state index is 14.6. The highest BCUT2D eigenvalue weighted by molar-refractivity contribution is 6.06. The second-order valence-corrected chi connectivity index (χ2v) is 9.95. The van der Waals surface area contributed by atoms with Crippen molar-refractivity contribution in [3.63, 3.8) is 0 Å². The van der Waals surface area contributed by atoms with Crippen molar-refractivity contribution in [2.75, 3.05) is 13.7 Å². The number of aryl methyl sites for hydroxylation is 2. The standard InChI is InChI=1S/C29H29FN6O4/c1-16-5-8-27(40-4)23(33-16)11-26(38)25-10-21(30)14-35(25)28(39)15-36-24-7-6-19(20-12-31-18(3)32-13-20)9-22(24)29(34-36)17(2)37/h5-9,12-13,21,25H,10-11,14-15H2,1-4H3/t21-,25+/m1/s1. The molecule has 0 N–H and O–H groups in total. The summed E-state index contributed by atoms with van der Waals surface area (Å²) in [7, 11) is 1.49. The molecule has 1 aliphatic rings. The predicted molar refractivity (Wildman–Crippen MR) is 145 cm³/mol. The second-order valence-electron chi connectivity index (χ2n) is 9.95. The summed E-state index contributed by atoms with van der Waals surface area (Å²) in [6.45, 7) is 4.56. The van der Waals surface area contributed by atoms with Gasteiger partial charge in [0.2, 0.25) is 5.91 Å². The summed E-state index contributed by atoms with van der Waals surface area (Å²) in [4.78, 5) is 53.3. The van der Waals surface area contributed by atoms with Gasteiger partial charge < -0.3 is 9.64 Å². The van der Waals surface area contributed by atoms with Gasteiger partial charge in [0.05, 0.1) is 37.3 Å². The fourth-order valence-electron chi connectivity index (χ4n) is 5.06. The number of Topliss-reactive ketones (excluding diaryl/α,β-unsaturated/α-hetero) is 2. The molecule has 2 atom stereocenters. The highest BCUT2D eigenvalue weighted by Crippen LogP contribution is 2.28. The van der Waals surface area contributed by atoms with Crippen molar-refractivity contribution in [1.82, 2.24) is 29.6 Å². The lowest BCUT2D eigenvalue weighted by molar-refractivity contribution is -0.138. The van der Waals surface area contributed by atoms with Crippen LogP contribution in [0.4, 0.5) is 4.39 Å². The van der Waals surface area contributed by atoms with Crippen LogP contribution in [0, 0.1) is 13.8 Å². The lowest BCUT2D eigenvalue weighted by Crippen LogP contribution is -2.43. The molecule has 3 aromatic heterocycles. The highest BCUT2D eigenvalue weighted by atomic mass is 19.1. The number of halogens is 1. The maximum atomic E-state index is 14.6. The number of alkyl halides is 1. The van der Waals surface area contributed by atoms with Gasteiger partial charge in [0.15, 0.2) is 11.6 Å². The van der Waals surface area contributed by atoms with E-state index in [4.69, 9.17) is 4.74 Å². The van der Waals surface area contributed by atoms with Crippen LogP contribution in [0.15, 0.2) is 42.7 Å². The van der Waals surface area contributed by atoms with E-state index in [9.17, 15) is 18.8 Å². The van der Waals surface area contributed by atoms with E-state index in [1.807, 2.05) is 12.1 Å². The number of ketones is 2. The summed E-state index contributed by atoms with van der Waals surface area (Å²) < 4.78 is 21.3. The quantitative estimate of drug-likeness (QED) is 0.309. The number of nitrogens with zero attached hydrogens (tertiary/aromatic N) is 6. The number of hydrogen-bond donors (Lipinski definition) is 0. The van der Waals surface area contributed by atoms with E-state index in [2.05, 4.69) is 20.1 Å². The number of amides is 1. The van der Waals surface area contributed by atoms with Crippen LogP contribution < -0.4 is 4.74 Å². The normalized spacial score (nSPS) is 16.9. The van der Waals surface area contributed by atoms with Crippen LogP contribution in [0.5, 0.6) is 5.75 Å². The Morgan fingerprint density at radius 1 is 1.07 bits per heavy atom. The smallest absolute Gasteiger partial charge is 0.245 e. The fraction of sp³-hybridized carbons (Fsp3) is 0.345. The Morgan fingerprint density at radius 3 is 2.52 bits per heavy atom. The van der Waals surface area contributed by atoms with Gasteiger partial charge in [-0.3, -0.25) is 24.0 Å². The molecule has 1 fully saturated rings. The third-order valence-corrected chi connectivity index (χ3v) is 7.06. The van der Waals surface area contributed by atoms with E-state index in [0.717, 1.165) is 16.8 Å². The molecular weight excluding hydrogens is 515 g/mol. The molecule has 4 heterocycles. The molecule has 1 aromatic carbocycles. The number of aromatic nitrogens is 5. The molecule has 206 valence electrons. The minimum atomic E-state index is -1.33. The molecule has 5 rings (SSSR count). The van der Waals surface area contributed by atoms with Crippen LogP contribution in [-0.4, -0.2) is 73.0 Å². The molecule has 1 aliphatic heterocycles. The summed E-state index contributed by atoms with van der Waals surface area (Å²) in [6, 6.07) is 8.00. The molecule has 40 heavy (non-hydrogen) atoms. The molecule has 1 saturated heterocycles. The van der Waals surface area contributed by atoms with Crippen LogP contribution in [0.2, 0.25) is 0 Å². The lowest BCUT2D eigenvalue weighted by atomic mass is 10.0. The largest absolute Gasteiger partial charge is 0.495 e. The predicted octanol–water partition coefficient (Wildman–Crippen LogP) is 3.47. The first-order valence-electron chi connectivity index (χ1n) is 12.9. The number of benzene rings is 1. The molecule has 0 radical (unpaired) electrons. The van der Waals surface area contributed by atoms with E-state index >= 15 is 0 Å². The van der Waals surface area contributed by atoms with Crippen LogP contribution in [-0.2, 0) is 22.6 Å². The Balaban J connectivity index is 1.41. The van der Waals surface area contributed by atoms with E-state index in [-0.39, 0.29) is 43.2 Å². The van der Waals surface area contributed by atoms with E-state index in [1.54, 1.807) is 44.4 Å². The number of likely N-dealkylation sites (tertiary alicyclic amines) is 1. The third kappa shape index (κ3) is 5.31. The summed E-state index contributed by atoms with van der Waals surface area (Å²) in [5.74, 6) is 0.0704. The van der Waals surface area contributed by atoms with Crippen LogP contribution in [0.3, 0.4) is 0 Å². The van der Waals surface area contributed by atoms with Crippen LogP contribution in [0.1, 0.15) is 41.0 Å². The number of rotatable bonds is 8. The molecule has 1 amide bonds. The van der Waals surface area contributed by atoms with Crippen molar-refractivity contribution in [1.29, 1.82) is 0 Å². The minimum Gasteiger partial charge on any atom is -0.495 e. The van der Waals surface area contributed by atoms with Crippen molar-refractivity contribution in [3.05, 3.63) is 65.6 Å². The number of fused-ring (bicyclic) bond motifs is 1. The van der Waals surface area contributed by atoms with E-state index < -0.39 is 18.1 Å². The molecule has 0 unspecified atom stereocenters. The summed E-state index contributed by atoms with van der Waals surface area (Å²) in [6.07, 6.45) is 1.90. The van der Waals surface area contributed by atoms with Gasteiger partial charge in [-0.1, -0.05) is 6.07 Å². The molecule has 0 saturated carbocycles. The van der Waals surface area contributed by atoms with Crippen molar-refractivity contribution in [3.8, 4) is 16.9 Å². The molecule has 0 spiro atoms. The van der Waals surface area contributed by atoms with Gasteiger partial charge in [-0.25, -0.2) is 14.4 Å². The lowest BCUT2D eigenvalue weighted by Gasteiger charge is -2.23. The third-order valence-electron chi connectivity index (χ3n) is 7.06. The molecular formula is C29H29FN6O4. The van der Waals surface area contributed by atoms with Gasteiger partial charge in [0.1, 0.15) is 30.0 Å². The molecule has 0 bridgehead atoms. The number of pyridine rings is 1. The maximum Gasteiger partial charge on any atom is 0.245 e. The number of hydrogen-bond acceptors (Lipinski definition) is 8. The Hall–Kier alpha value is -4.54. The Labute approximate surface area is 230 Å². The highest BCUT2D eigenvalue weighted by Gasteiger charge is 2.40. The SMILES string of the molecule is COc1ccc(C)nc1CC(=O)[C@@H]1C[C@@H](F)CN1C(=O)Cn1nc(C(C)=O)c2cc(-c3cnc(C)nc3)ccc21. The van der Waals surface area contributed by atoms with Gasteiger partial charge in [-0.15, -0.1) is 0 Å². The Kier molecular flexibility index (Phi) is 7.38. The topological polar surface area (TPSA) is 120 Å². The van der Waals surface area contributed by atoms with Crippen molar-refractivity contribution in [2.24, 2.45) is 0 Å². The van der Waals surface area contributed by atoms with Gasteiger partial charge in [0, 0.05) is 42.4 Å². The number of ether oxygens (including phenoxy) is 1. The van der Waals surface area contributed by atoms with Gasteiger partial charge in [-0.05, 0) is 43.7 Å². The Bertz CT molecular complexity index is 1620. The van der Waals surface area contributed by atoms with Crippen molar-refractivity contribution in [2.45, 2.75) is 52.4 Å². The van der Waals surface area contributed by atoms with E-state index in [1.165, 1.54) is 23.6 Å². The molecule has 0 aliphatic carbocycles. The first-order valence-corrected chi connectivity index (χ1v) is 12.9. The zero-order chi connectivity index (χ0) is 28.6. The molecule has 11 heteroatoms. The summed E-state index contributed by atoms with van der Waals surface area (Å²) in [5.41, 5.74) is 3.53. The Morgan fingerprint density at radius 2 is 1.82 bits per heavy atom. The minimum absolute atomic E-state index is 0.0841. The fourth-order valence-corrected chi connectivity index (χ4v) is 5.06. The van der Waals surface area contributed by atoms with Gasteiger partial charge in [0.25, 0.3) is 0 Å². The molecule has 4 aromatic rings. The summed E-state index contributed by atoms with van der Waals surface area (Å²) >= 11 is 0. The van der Waals surface area contributed by atoms with Crippen LogP contribution >= 0.6 is 0 Å². The zero-order valence-corrected chi connectivity index (χ0v) is 22.7.